The molecule has 4 heteroatoms. The highest BCUT2D eigenvalue weighted by Gasteiger charge is 2.05. The average molecular weight is 291 g/mol. The van der Waals surface area contributed by atoms with E-state index in [9.17, 15) is 0 Å². The zero-order valence-corrected chi connectivity index (χ0v) is 12.1. The molecule has 0 aliphatic rings. The van der Waals surface area contributed by atoms with Crippen LogP contribution in [0.25, 0.3) is 0 Å². The second-order valence-corrected chi connectivity index (χ2v) is 4.81. The Morgan fingerprint density at radius 1 is 0.773 bits per heavy atom. The van der Waals surface area contributed by atoms with Crippen molar-refractivity contribution in [1.29, 1.82) is 0 Å². The predicted octanol–water partition coefficient (Wildman–Crippen LogP) is 3.56. The molecule has 2 aromatic heterocycles. The molecule has 0 atom stereocenters. The zero-order valence-electron chi connectivity index (χ0n) is 12.1. The molecule has 0 aliphatic heterocycles. The Balaban J connectivity index is 1.64. The number of nitrogens with one attached hydrogen (secondary N) is 1. The van der Waals surface area contributed by atoms with Gasteiger partial charge in [-0.1, -0.05) is 30.3 Å². The third-order valence-electron chi connectivity index (χ3n) is 3.16. The van der Waals surface area contributed by atoms with Crippen LogP contribution in [-0.2, 0) is 13.1 Å². The van der Waals surface area contributed by atoms with Gasteiger partial charge < -0.3 is 10.1 Å². The Morgan fingerprint density at radius 2 is 1.59 bits per heavy atom. The highest BCUT2D eigenvalue weighted by atomic mass is 16.5. The van der Waals surface area contributed by atoms with Crippen molar-refractivity contribution in [3.05, 3.63) is 84.3 Å². The number of para-hydroxylation sites is 1. The molecule has 0 amide bonds. The SMILES string of the molecule is c1ccc(Oc2ncccc2CNCc2ccccn2)cc1. The minimum Gasteiger partial charge on any atom is -0.439 e. The van der Waals surface area contributed by atoms with Crippen LogP contribution in [-0.4, -0.2) is 9.97 Å². The normalized spacial score (nSPS) is 10.4. The molecule has 0 bridgehead atoms. The van der Waals surface area contributed by atoms with Crippen LogP contribution in [0, 0.1) is 0 Å². The maximum atomic E-state index is 5.85. The van der Waals surface area contributed by atoms with Crippen LogP contribution in [0.4, 0.5) is 0 Å². The summed E-state index contributed by atoms with van der Waals surface area (Å²) in [5, 5.41) is 3.36. The Hall–Kier alpha value is -2.72. The smallest absolute Gasteiger partial charge is 0.223 e. The second kappa shape index (κ2) is 7.33. The van der Waals surface area contributed by atoms with Gasteiger partial charge in [0.15, 0.2) is 0 Å². The Bertz CT molecular complexity index is 702. The summed E-state index contributed by atoms with van der Waals surface area (Å²) in [6, 6.07) is 19.5. The minimum absolute atomic E-state index is 0.627. The quantitative estimate of drug-likeness (QED) is 0.754. The van der Waals surface area contributed by atoms with E-state index in [1.165, 1.54) is 0 Å². The third kappa shape index (κ3) is 3.90. The Morgan fingerprint density at radius 3 is 2.41 bits per heavy atom. The fourth-order valence-electron chi connectivity index (χ4n) is 2.08. The van der Waals surface area contributed by atoms with Crippen molar-refractivity contribution in [3.8, 4) is 11.6 Å². The van der Waals surface area contributed by atoms with Gasteiger partial charge >= 0.3 is 0 Å². The minimum atomic E-state index is 0.627. The van der Waals surface area contributed by atoms with Gasteiger partial charge in [0.25, 0.3) is 0 Å². The van der Waals surface area contributed by atoms with Crippen molar-refractivity contribution in [2.75, 3.05) is 0 Å². The lowest BCUT2D eigenvalue weighted by Crippen LogP contribution is -2.14. The average Bonchev–Trinajstić information content (AvgIpc) is 2.58. The highest BCUT2D eigenvalue weighted by Crippen LogP contribution is 2.22. The van der Waals surface area contributed by atoms with Crippen molar-refractivity contribution in [2.45, 2.75) is 13.1 Å². The molecule has 3 rings (SSSR count). The van der Waals surface area contributed by atoms with Crippen LogP contribution in [0.5, 0.6) is 11.6 Å². The van der Waals surface area contributed by atoms with Gasteiger partial charge in [-0.3, -0.25) is 4.98 Å². The number of hydrogen-bond acceptors (Lipinski definition) is 4. The van der Waals surface area contributed by atoms with Crippen molar-refractivity contribution < 1.29 is 4.74 Å². The molecule has 2 heterocycles. The molecule has 0 saturated carbocycles. The molecule has 0 saturated heterocycles. The topological polar surface area (TPSA) is 47.0 Å². The lowest BCUT2D eigenvalue weighted by Gasteiger charge is -2.10. The first-order valence-electron chi connectivity index (χ1n) is 7.19. The van der Waals surface area contributed by atoms with Crippen LogP contribution < -0.4 is 10.1 Å². The number of pyridine rings is 2. The van der Waals surface area contributed by atoms with Gasteiger partial charge in [0, 0.05) is 31.0 Å². The first-order valence-corrected chi connectivity index (χ1v) is 7.19. The molecule has 22 heavy (non-hydrogen) atoms. The fraction of sp³-hybridized carbons (Fsp3) is 0.111. The first kappa shape index (κ1) is 14.2. The van der Waals surface area contributed by atoms with Crippen LogP contribution in [0.1, 0.15) is 11.3 Å². The zero-order chi connectivity index (χ0) is 15.0. The maximum absolute atomic E-state index is 5.85. The summed E-state index contributed by atoms with van der Waals surface area (Å²) in [5.74, 6) is 1.41. The van der Waals surface area contributed by atoms with E-state index < -0.39 is 0 Å². The summed E-state index contributed by atoms with van der Waals surface area (Å²) < 4.78 is 5.85. The molecule has 110 valence electrons. The number of aromatic nitrogens is 2. The van der Waals surface area contributed by atoms with Crippen LogP contribution in [0.3, 0.4) is 0 Å². The largest absolute Gasteiger partial charge is 0.439 e. The van der Waals surface area contributed by atoms with Crippen molar-refractivity contribution >= 4 is 0 Å². The summed E-state index contributed by atoms with van der Waals surface area (Å²) >= 11 is 0. The van der Waals surface area contributed by atoms with Gasteiger partial charge in [-0.2, -0.15) is 0 Å². The van der Waals surface area contributed by atoms with E-state index in [1.54, 1.807) is 12.4 Å². The van der Waals surface area contributed by atoms with Gasteiger partial charge in [-0.05, 0) is 30.3 Å². The lowest BCUT2D eigenvalue weighted by atomic mass is 10.2. The van der Waals surface area contributed by atoms with Gasteiger partial charge in [-0.15, -0.1) is 0 Å². The van der Waals surface area contributed by atoms with E-state index in [2.05, 4.69) is 15.3 Å². The fourth-order valence-corrected chi connectivity index (χ4v) is 2.08. The van der Waals surface area contributed by atoms with Crippen molar-refractivity contribution in [1.82, 2.24) is 15.3 Å². The molecule has 0 fully saturated rings. The number of rotatable bonds is 6. The molecule has 0 aliphatic carbocycles. The van der Waals surface area contributed by atoms with Gasteiger partial charge in [0.05, 0.1) is 5.69 Å². The van der Waals surface area contributed by atoms with Crippen LogP contribution in [0.2, 0.25) is 0 Å². The van der Waals surface area contributed by atoms with Crippen molar-refractivity contribution in [2.24, 2.45) is 0 Å². The van der Waals surface area contributed by atoms with Crippen molar-refractivity contribution in [3.63, 3.8) is 0 Å². The molecular formula is C18H17N3O. The van der Waals surface area contributed by atoms with Gasteiger partial charge in [0.1, 0.15) is 5.75 Å². The molecule has 1 N–H and O–H groups in total. The van der Waals surface area contributed by atoms with Crippen LogP contribution in [0.15, 0.2) is 73.1 Å². The van der Waals surface area contributed by atoms with E-state index in [0.717, 1.165) is 17.0 Å². The third-order valence-corrected chi connectivity index (χ3v) is 3.16. The number of hydrogen-bond donors (Lipinski definition) is 1. The maximum Gasteiger partial charge on any atom is 0.223 e. The van der Waals surface area contributed by atoms with E-state index in [0.29, 0.717) is 19.0 Å². The summed E-state index contributed by atoms with van der Waals surface area (Å²) in [4.78, 5) is 8.61. The summed E-state index contributed by atoms with van der Waals surface area (Å²) in [6.07, 6.45) is 3.53. The number of nitrogens with zero attached hydrogens (tertiary/aromatic N) is 2. The molecule has 0 radical (unpaired) electrons. The van der Waals surface area contributed by atoms with E-state index >= 15 is 0 Å². The molecule has 4 nitrogen and oxygen atoms in total. The van der Waals surface area contributed by atoms with Gasteiger partial charge in [-0.25, -0.2) is 4.98 Å². The lowest BCUT2D eigenvalue weighted by molar-refractivity contribution is 0.452. The number of ether oxygens (including phenoxy) is 1. The molecule has 1 aromatic carbocycles. The van der Waals surface area contributed by atoms with E-state index in [4.69, 9.17) is 4.74 Å². The predicted molar refractivity (Wildman–Crippen MR) is 85.5 cm³/mol. The summed E-state index contributed by atoms with van der Waals surface area (Å²) in [6.45, 7) is 1.38. The van der Waals surface area contributed by atoms with Crippen LogP contribution >= 0.6 is 0 Å². The first-order chi connectivity index (χ1) is 10.9. The Kier molecular flexibility index (Phi) is 4.74. The number of benzene rings is 1. The highest BCUT2D eigenvalue weighted by molar-refractivity contribution is 5.32. The second-order valence-electron chi connectivity index (χ2n) is 4.81. The van der Waals surface area contributed by atoms with Gasteiger partial charge in [0.2, 0.25) is 5.88 Å². The molecule has 0 spiro atoms. The molecule has 3 aromatic rings. The summed E-state index contributed by atoms with van der Waals surface area (Å²) in [5.41, 5.74) is 2.03. The molecule has 0 unspecified atom stereocenters. The Labute approximate surface area is 129 Å². The standard InChI is InChI=1S/C18H17N3O/c1-2-9-17(10-3-1)22-18-15(7-6-12-21-18)13-19-14-16-8-4-5-11-20-16/h1-12,19H,13-14H2. The summed E-state index contributed by atoms with van der Waals surface area (Å²) in [7, 11) is 0. The monoisotopic (exact) mass is 291 g/mol. The van der Waals surface area contributed by atoms with E-state index in [-0.39, 0.29) is 0 Å². The molecular weight excluding hydrogens is 274 g/mol. The van der Waals surface area contributed by atoms with E-state index in [1.807, 2.05) is 60.7 Å².